The van der Waals surface area contributed by atoms with Crippen LogP contribution in [0, 0.1) is 11.6 Å². The van der Waals surface area contributed by atoms with Gasteiger partial charge in [0.05, 0.1) is 5.56 Å². The number of carbonyl (C=O) groups excluding carboxylic acids is 2. The Bertz CT molecular complexity index is 1400. The average Bonchev–Trinajstić information content (AvgIpc) is 3.27. The van der Waals surface area contributed by atoms with Crippen LogP contribution in [0.5, 0.6) is 0 Å². The highest BCUT2D eigenvalue weighted by molar-refractivity contribution is 6.04. The van der Waals surface area contributed by atoms with Crippen LogP contribution in [0.4, 0.5) is 14.5 Å². The van der Waals surface area contributed by atoms with Crippen molar-refractivity contribution in [1.82, 2.24) is 4.90 Å². The fourth-order valence-electron chi connectivity index (χ4n) is 4.05. The molecule has 3 aromatic carbocycles. The second kappa shape index (κ2) is 8.94. The molecule has 0 aliphatic carbocycles. The first kappa shape index (κ1) is 21.6. The lowest BCUT2D eigenvalue weighted by Gasteiger charge is -2.26. The first-order chi connectivity index (χ1) is 16.5. The molecule has 0 radical (unpaired) electrons. The van der Waals surface area contributed by atoms with E-state index < -0.39 is 17.5 Å². The normalized spacial score (nSPS) is 12.8. The number of nitrogens with one attached hydrogen (secondary N) is 1. The van der Waals surface area contributed by atoms with E-state index in [4.69, 9.17) is 4.42 Å². The summed E-state index contributed by atoms with van der Waals surface area (Å²) in [5, 5.41) is 2.71. The quantitative estimate of drug-likeness (QED) is 0.428. The molecule has 2 amide bonds. The van der Waals surface area contributed by atoms with E-state index in [2.05, 4.69) is 5.32 Å². The maximum atomic E-state index is 13.9. The number of halogens is 2. The van der Waals surface area contributed by atoms with Gasteiger partial charge in [-0.25, -0.2) is 8.78 Å². The van der Waals surface area contributed by atoms with Crippen molar-refractivity contribution in [2.24, 2.45) is 0 Å². The van der Waals surface area contributed by atoms with E-state index in [0.29, 0.717) is 36.5 Å². The lowest BCUT2D eigenvalue weighted by molar-refractivity contribution is 0.0729. The number of rotatable bonds is 4. The SMILES string of the molecule is O=C(Nc1cccc(-c2cc3c(o2)CCN(C(=O)c2cccc(F)c2)C3)c1)c1ccccc1F. The Hall–Kier alpha value is -4.26. The number of nitrogens with zero attached hydrogens (tertiary/aromatic N) is 1. The number of benzene rings is 3. The third-order valence-electron chi connectivity index (χ3n) is 5.75. The van der Waals surface area contributed by atoms with Gasteiger partial charge >= 0.3 is 0 Å². The van der Waals surface area contributed by atoms with E-state index in [1.165, 1.54) is 36.4 Å². The summed E-state index contributed by atoms with van der Waals surface area (Å²) in [6, 6.07) is 20.4. The van der Waals surface area contributed by atoms with Crippen molar-refractivity contribution in [2.75, 3.05) is 11.9 Å². The summed E-state index contributed by atoms with van der Waals surface area (Å²) < 4.78 is 33.5. The largest absolute Gasteiger partial charge is 0.461 e. The molecule has 5 rings (SSSR count). The Morgan fingerprint density at radius 2 is 1.74 bits per heavy atom. The number of anilines is 1. The highest BCUT2D eigenvalue weighted by Gasteiger charge is 2.25. The summed E-state index contributed by atoms with van der Waals surface area (Å²) in [6.45, 7) is 0.825. The molecule has 0 bridgehead atoms. The van der Waals surface area contributed by atoms with Crippen molar-refractivity contribution >= 4 is 17.5 Å². The Morgan fingerprint density at radius 1 is 0.912 bits per heavy atom. The van der Waals surface area contributed by atoms with Gasteiger partial charge in [-0.2, -0.15) is 0 Å². The van der Waals surface area contributed by atoms with Crippen molar-refractivity contribution in [3.63, 3.8) is 0 Å². The van der Waals surface area contributed by atoms with Crippen LogP contribution in [0.25, 0.3) is 11.3 Å². The number of hydrogen-bond acceptors (Lipinski definition) is 3. The first-order valence-corrected chi connectivity index (χ1v) is 10.8. The summed E-state index contributed by atoms with van der Waals surface area (Å²) in [7, 11) is 0. The standard InChI is InChI=1S/C27H20F2N2O3/c28-20-7-3-6-18(13-20)27(33)31-12-11-24-19(16-31)15-25(34-24)17-5-4-8-21(14-17)30-26(32)22-9-1-2-10-23(22)29/h1-10,13-15H,11-12,16H2,(H,30,32). The van der Waals surface area contributed by atoms with Crippen LogP contribution < -0.4 is 5.32 Å². The Morgan fingerprint density at radius 3 is 2.56 bits per heavy atom. The van der Waals surface area contributed by atoms with Crippen LogP contribution in [0.15, 0.2) is 83.3 Å². The summed E-state index contributed by atoms with van der Waals surface area (Å²) in [5.41, 5.74) is 2.40. The van der Waals surface area contributed by atoms with Gasteiger partial charge in [-0.3, -0.25) is 9.59 Å². The molecule has 1 aliphatic rings. The molecule has 0 unspecified atom stereocenters. The van der Waals surface area contributed by atoms with E-state index in [1.54, 1.807) is 35.2 Å². The van der Waals surface area contributed by atoms with E-state index in [-0.39, 0.29) is 11.5 Å². The molecule has 1 N–H and O–H groups in total. The number of amides is 2. The fraction of sp³-hybridized carbons (Fsp3) is 0.111. The Balaban J connectivity index is 1.33. The van der Waals surface area contributed by atoms with Crippen LogP contribution in [-0.4, -0.2) is 23.3 Å². The first-order valence-electron chi connectivity index (χ1n) is 10.8. The van der Waals surface area contributed by atoms with Crippen molar-refractivity contribution < 1.29 is 22.8 Å². The van der Waals surface area contributed by atoms with Gasteiger partial charge in [-0.15, -0.1) is 0 Å². The second-order valence-electron chi connectivity index (χ2n) is 8.06. The highest BCUT2D eigenvalue weighted by atomic mass is 19.1. The van der Waals surface area contributed by atoms with E-state index in [1.807, 2.05) is 12.1 Å². The lowest BCUT2D eigenvalue weighted by atomic mass is 10.1. The molecule has 0 saturated carbocycles. The van der Waals surface area contributed by atoms with E-state index in [9.17, 15) is 18.4 Å². The summed E-state index contributed by atoms with van der Waals surface area (Å²) in [6.07, 6.45) is 0.542. The smallest absolute Gasteiger partial charge is 0.258 e. The minimum Gasteiger partial charge on any atom is -0.461 e. The average molecular weight is 458 g/mol. The molecular formula is C27H20F2N2O3. The van der Waals surface area contributed by atoms with Gasteiger partial charge in [0, 0.05) is 41.9 Å². The van der Waals surface area contributed by atoms with Crippen LogP contribution >= 0.6 is 0 Å². The zero-order chi connectivity index (χ0) is 23.7. The topological polar surface area (TPSA) is 62.6 Å². The van der Waals surface area contributed by atoms with Gasteiger partial charge in [-0.1, -0.05) is 30.3 Å². The van der Waals surface area contributed by atoms with Crippen LogP contribution in [0.3, 0.4) is 0 Å². The molecule has 34 heavy (non-hydrogen) atoms. The van der Waals surface area contributed by atoms with Crippen LogP contribution in [0.2, 0.25) is 0 Å². The predicted molar refractivity (Wildman–Crippen MR) is 123 cm³/mol. The molecule has 0 saturated heterocycles. The molecule has 7 heteroatoms. The highest BCUT2D eigenvalue weighted by Crippen LogP contribution is 2.31. The third-order valence-corrected chi connectivity index (χ3v) is 5.75. The lowest BCUT2D eigenvalue weighted by Crippen LogP contribution is -2.35. The molecule has 0 spiro atoms. The summed E-state index contributed by atoms with van der Waals surface area (Å²) in [5.74, 6) is -0.416. The number of fused-ring (bicyclic) bond motifs is 1. The zero-order valence-corrected chi connectivity index (χ0v) is 18.1. The molecule has 0 fully saturated rings. The maximum absolute atomic E-state index is 13.9. The maximum Gasteiger partial charge on any atom is 0.258 e. The van der Waals surface area contributed by atoms with E-state index >= 15 is 0 Å². The summed E-state index contributed by atoms with van der Waals surface area (Å²) in [4.78, 5) is 26.9. The monoisotopic (exact) mass is 458 g/mol. The predicted octanol–water partition coefficient (Wildman–Crippen LogP) is 5.68. The number of furan rings is 1. The molecule has 170 valence electrons. The minimum atomic E-state index is -0.591. The van der Waals surface area contributed by atoms with Gasteiger partial charge in [0.1, 0.15) is 23.2 Å². The van der Waals surface area contributed by atoms with Gasteiger partial charge < -0.3 is 14.6 Å². The van der Waals surface area contributed by atoms with Crippen LogP contribution in [0.1, 0.15) is 32.0 Å². The van der Waals surface area contributed by atoms with Gasteiger partial charge in [0.15, 0.2) is 0 Å². The molecule has 0 atom stereocenters. The second-order valence-corrected chi connectivity index (χ2v) is 8.06. The van der Waals surface area contributed by atoms with E-state index in [0.717, 1.165) is 16.9 Å². The van der Waals surface area contributed by atoms with Crippen molar-refractivity contribution in [3.05, 3.63) is 113 Å². The molecule has 1 aromatic heterocycles. The van der Waals surface area contributed by atoms with Crippen molar-refractivity contribution in [3.8, 4) is 11.3 Å². The molecule has 2 heterocycles. The van der Waals surface area contributed by atoms with Gasteiger partial charge in [-0.05, 0) is 48.5 Å². The van der Waals surface area contributed by atoms with Crippen LogP contribution in [-0.2, 0) is 13.0 Å². The third kappa shape index (κ3) is 4.32. The van der Waals surface area contributed by atoms with Crippen molar-refractivity contribution in [1.29, 1.82) is 0 Å². The summed E-state index contributed by atoms with van der Waals surface area (Å²) >= 11 is 0. The van der Waals surface area contributed by atoms with Crippen molar-refractivity contribution in [2.45, 2.75) is 13.0 Å². The van der Waals surface area contributed by atoms with Gasteiger partial charge in [0.2, 0.25) is 0 Å². The molecule has 4 aromatic rings. The number of hydrogen-bond donors (Lipinski definition) is 1. The molecule has 1 aliphatic heterocycles. The molecule has 5 nitrogen and oxygen atoms in total. The minimum absolute atomic E-state index is 0.0376. The van der Waals surface area contributed by atoms with Gasteiger partial charge in [0.25, 0.3) is 11.8 Å². The zero-order valence-electron chi connectivity index (χ0n) is 18.1. The Labute approximate surface area is 194 Å². The molecular weight excluding hydrogens is 438 g/mol. The fourth-order valence-corrected chi connectivity index (χ4v) is 4.05. The number of carbonyl (C=O) groups is 2. The Kier molecular flexibility index (Phi) is 5.67.